The fraction of sp³-hybridized carbons (Fsp3) is 0.786. The molecule has 22 heavy (non-hydrogen) atoms. The highest BCUT2D eigenvalue weighted by molar-refractivity contribution is 5.89. The maximum Gasteiger partial charge on any atom is 0.304 e. The molecular weight excluding hydrogens is 288 g/mol. The number of carbonyl (C=O) groups is 2. The van der Waals surface area contributed by atoms with Gasteiger partial charge in [-0.2, -0.15) is 0 Å². The van der Waals surface area contributed by atoms with Crippen LogP contribution in [0.3, 0.4) is 0 Å². The Morgan fingerprint density at radius 3 is 2.64 bits per heavy atom. The summed E-state index contributed by atoms with van der Waals surface area (Å²) >= 11 is 0. The van der Waals surface area contributed by atoms with E-state index in [1.54, 1.807) is 0 Å². The maximum absolute atomic E-state index is 12.4. The van der Waals surface area contributed by atoms with Gasteiger partial charge in [0.2, 0.25) is 0 Å². The molecule has 1 unspecified atom stereocenters. The fourth-order valence-corrected chi connectivity index (χ4v) is 2.62. The Morgan fingerprint density at radius 1 is 1.36 bits per heavy atom. The molecule has 1 aliphatic heterocycles. The van der Waals surface area contributed by atoms with Crippen LogP contribution in [-0.2, 0) is 14.3 Å². The molecule has 0 amide bonds. The number of rotatable bonds is 10. The lowest BCUT2D eigenvalue weighted by Crippen LogP contribution is -2.38. The van der Waals surface area contributed by atoms with Crippen molar-refractivity contribution in [1.82, 2.24) is 0 Å². The van der Waals surface area contributed by atoms with E-state index in [9.17, 15) is 9.59 Å². The summed E-state index contributed by atoms with van der Waals surface area (Å²) in [6.07, 6.45) is 2.99. The van der Waals surface area contributed by atoms with E-state index >= 15 is 0 Å². The number of nitrogens with zero attached hydrogens (tertiary/aromatic N) is 1. The molecule has 0 aliphatic carbocycles. The number of aliphatic imine (C=N–C) groups is 1. The summed E-state index contributed by atoms with van der Waals surface area (Å²) in [7, 11) is 0. The normalized spacial score (nSPS) is 20.3. The predicted molar refractivity (Wildman–Crippen MR) is 82.2 cm³/mol. The third kappa shape index (κ3) is 6.86. The van der Waals surface area contributed by atoms with Gasteiger partial charge in [0.15, 0.2) is 11.7 Å². The van der Waals surface area contributed by atoms with E-state index in [1.807, 2.05) is 0 Å². The maximum atomic E-state index is 12.4. The molecule has 0 spiro atoms. The number of Topliss-reactive ketones (excluding diaryl/α,β-unsaturated/α-hetero) is 1. The molecule has 0 bridgehead atoms. The Kier molecular flexibility index (Phi) is 7.83. The van der Waals surface area contributed by atoms with Gasteiger partial charge in [0.25, 0.3) is 0 Å². The zero-order valence-corrected chi connectivity index (χ0v) is 12.7. The van der Waals surface area contributed by atoms with E-state index in [-0.39, 0.29) is 24.3 Å². The van der Waals surface area contributed by atoms with Gasteiger partial charge in [0, 0.05) is 19.1 Å². The molecule has 0 saturated carbocycles. The molecule has 1 heterocycles. The lowest BCUT2D eigenvalue weighted by Gasteiger charge is -2.21. The van der Waals surface area contributed by atoms with Crippen molar-refractivity contribution in [3.8, 4) is 0 Å². The van der Waals surface area contributed by atoms with E-state index < -0.39 is 17.9 Å². The van der Waals surface area contributed by atoms with E-state index in [1.165, 1.54) is 0 Å². The summed E-state index contributed by atoms with van der Waals surface area (Å²) in [6.45, 7) is 1.07. The van der Waals surface area contributed by atoms with Crippen LogP contribution in [0.1, 0.15) is 38.5 Å². The SMILES string of the molecule is NC(N)=NCCC[C@@H](N)C(=O)C(CC(=O)O)C[C@H]1CCCO1. The van der Waals surface area contributed by atoms with Crippen molar-refractivity contribution in [2.45, 2.75) is 50.7 Å². The molecule has 0 radical (unpaired) electrons. The topological polar surface area (TPSA) is 154 Å². The lowest BCUT2D eigenvalue weighted by molar-refractivity contribution is -0.141. The minimum atomic E-state index is -0.996. The van der Waals surface area contributed by atoms with Gasteiger partial charge in [-0.1, -0.05) is 0 Å². The number of guanidine groups is 1. The van der Waals surface area contributed by atoms with Crippen LogP contribution in [0.15, 0.2) is 4.99 Å². The Hall–Kier alpha value is -1.67. The number of aliphatic carboxylic acids is 1. The molecule has 0 aromatic heterocycles. The smallest absolute Gasteiger partial charge is 0.304 e. The molecule has 1 fully saturated rings. The van der Waals surface area contributed by atoms with Crippen LogP contribution in [0.25, 0.3) is 0 Å². The fourth-order valence-electron chi connectivity index (χ4n) is 2.62. The number of nitrogens with two attached hydrogens (primary N) is 3. The van der Waals surface area contributed by atoms with Gasteiger partial charge in [0.1, 0.15) is 0 Å². The molecule has 126 valence electrons. The third-order valence-corrected chi connectivity index (χ3v) is 3.73. The quantitative estimate of drug-likeness (QED) is 0.243. The summed E-state index contributed by atoms with van der Waals surface area (Å²) < 4.78 is 5.49. The van der Waals surface area contributed by atoms with Crippen molar-refractivity contribution < 1.29 is 19.4 Å². The monoisotopic (exact) mass is 314 g/mol. The Morgan fingerprint density at radius 2 is 2.09 bits per heavy atom. The predicted octanol–water partition coefficient (Wildman–Crippen LogP) is -0.404. The van der Waals surface area contributed by atoms with E-state index in [4.69, 9.17) is 27.0 Å². The van der Waals surface area contributed by atoms with Gasteiger partial charge in [-0.3, -0.25) is 14.6 Å². The molecule has 7 N–H and O–H groups in total. The van der Waals surface area contributed by atoms with Gasteiger partial charge in [-0.15, -0.1) is 0 Å². The van der Waals surface area contributed by atoms with Crippen LogP contribution < -0.4 is 17.2 Å². The first-order valence-corrected chi connectivity index (χ1v) is 7.58. The van der Waals surface area contributed by atoms with Crippen LogP contribution >= 0.6 is 0 Å². The average Bonchev–Trinajstić information content (AvgIpc) is 2.94. The minimum absolute atomic E-state index is 0.00188. The van der Waals surface area contributed by atoms with Crippen LogP contribution in [-0.4, -0.2) is 48.1 Å². The van der Waals surface area contributed by atoms with Crippen molar-refractivity contribution in [3.63, 3.8) is 0 Å². The molecule has 0 aromatic carbocycles. The molecule has 3 atom stereocenters. The molecule has 8 nitrogen and oxygen atoms in total. The van der Waals surface area contributed by atoms with Crippen LogP contribution in [0.4, 0.5) is 0 Å². The average molecular weight is 314 g/mol. The summed E-state index contributed by atoms with van der Waals surface area (Å²) in [4.78, 5) is 27.2. The van der Waals surface area contributed by atoms with Gasteiger partial charge in [-0.25, -0.2) is 0 Å². The van der Waals surface area contributed by atoms with Crippen molar-refractivity contribution in [3.05, 3.63) is 0 Å². The molecule has 0 aromatic rings. The lowest BCUT2D eigenvalue weighted by atomic mass is 9.88. The second kappa shape index (κ2) is 9.37. The first kappa shape index (κ1) is 18.4. The highest BCUT2D eigenvalue weighted by atomic mass is 16.5. The van der Waals surface area contributed by atoms with Gasteiger partial charge in [0.05, 0.1) is 18.6 Å². The van der Waals surface area contributed by atoms with Crippen molar-refractivity contribution in [2.24, 2.45) is 28.1 Å². The molecule has 1 saturated heterocycles. The first-order chi connectivity index (χ1) is 10.4. The molecular formula is C14H26N4O4. The number of hydrogen-bond donors (Lipinski definition) is 4. The number of hydrogen-bond acceptors (Lipinski definition) is 5. The van der Waals surface area contributed by atoms with Gasteiger partial charge >= 0.3 is 5.97 Å². The van der Waals surface area contributed by atoms with Crippen molar-refractivity contribution in [1.29, 1.82) is 0 Å². The minimum Gasteiger partial charge on any atom is -0.481 e. The van der Waals surface area contributed by atoms with Gasteiger partial charge < -0.3 is 27.0 Å². The van der Waals surface area contributed by atoms with Crippen LogP contribution in [0.2, 0.25) is 0 Å². The van der Waals surface area contributed by atoms with Crippen molar-refractivity contribution >= 4 is 17.7 Å². The molecule has 1 rings (SSSR count). The Balaban J connectivity index is 2.49. The summed E-state index contributed by atoms with van der Waals surface area (Å²) in [5.41, 5.74) is 16.3. The van der Waals surface area contributed by atoms with Crippen LogP contribution in [0.5, 0.6) is 0 Å². The van der Waals surface area contributed by atoms with E-state index in [0.29, 0.717) is 32.4 Å². The molecule has 8 heteroatoms. The second-order valence-electron chi connectivity index (χ2n) is 5.62. The summed E-state index contributed by atoms with van der Waals surface area (Å²) in [5.74, 6) is -1.81. The largest absolute Gasteiger partial charge is 0.481 e. The number of carboxylic acid groups (broad SMARTS) is 1. The first-order valence-electron chi connectivity index (χ1n) is 7.58. The van der Waals surface area contributed by atoms with Gasteiger partial charge in [-0.05, 0) is 32.1 Å². The number of carboxylic acids is 1. The number of ether oxygens (including phenoxy) is 1. The highest BCUT2D eigenvalue weighted by Gasteiger charge is 2.30. The van der Waals surface area contributed by atoms with E-state index in [0.717, 1.165) is 12.8 Å². The number of carbonyl (C=O) groups excluding carboxylic acids is 1. The number of ketones is 1. The summed E-state index contributed by atoms with van der Waals surface area (Å²) in [5, 5.41) is 8.98. The zero-order chi connectivity index (χ0) is 16.5. The van der Waals surface area contributed by atoms with Crippen LogP contribution in [0, 0.1) is 5.92 Å². The molecule has 1 aliphatic rings. The Bertz CT molecular complexity index is 404. The zero-order valence-electron chi connectivity index (χ0n) is 12.7. The Labute approximate surface area is 130 Å². The van der Waals surface area contributed by atoms with E-state index in [2.05, 4.69) is 4.99 Å². The standard InChI is InChI=1S/C14H26N4O4/c15-11(4-1-5-18-14(16)17)13(21)9(8-12(19)20)7-10-3-2-6-22-10/h9-11H,1-8,15H2,(H,19,20)(H4,16,17,18)/t9?,10-,11-/m1/s1. The summed E-state index contributed by atoms with van der Waals surface area (Å²) in [6, 6.07) is -0.694. The third-order valence-electron chi connectivity index (χ3n) is 3.73. The van der Waals surface area contributed by atoms with Crippen molar-refractivity contribution in [2.75, 3.05) is 13.2 Å². The highest BCUT2D eigenvalue weighted by Crippen LogP contribution is 2.23. The second-order valence-corrected chi connectivity index (χ2v) is 5.62.